The smallest absolute Gasteiger partial charge is 0.284 e. The summed E-state index contributed by atoms with van der Waals surface area (Å²) in [5, 5.41) is 6.20. The van der Waals surface area contributed by atoms with Crippen LogP contribution in [-0.4, -0.2) is 28.9 Å². The minimum absolute atomic E-state index is 0.203. The molecule has 1 aromatic rings. The molecule has 6 nitrogen and oxygen atoms in total. The highest BCUT2D eigenvalue weighted by Crippen LogP contribution is 2.02. The summed E-state index contributed by atoms with van der Waals surface area (Å²) < 4.78 is 34.1. The van der Waals surface area contributed by atoms with Crippen LogP contribution in [0.15, 0.2) is 4.42 Å². The standard InChI is InChI=1S/C6H10N2O4S2/c9-14(10,11)4-2-1-3-5-7-8-6(13)12-5/h1-4H2,(H,8,13)(H,9,10,11). The number of unbranched alkanes of at least 4 members (excludes halogenated alkanes) is 1. The predicted octanol–water partition coefficient (Wildman–Crippen LogP) is 0.943. The van der Waals surface area contributed by atoms with E-state index < -0.39 is 10.1 Å². The highest BCUT2D eigenvalue weighted by Gasteiger charge is 2.05. The molecule has 1 rings (SSSR count). The van der Waals surface area contributed by atoms with Crippen molar-refractivity contribution in [3.63, 3.8) is 0 Å². The van der Waals surface area contributed by atoms with Crippen molar-refractivity contribution in [1.82, 2.24) is 10.2 Å². The Morgan fingerprint density at radius 3 is 2.71 bits per heavy atom. The molecule has 0 radical (unpaired) electrons. The Bertz CT molecular complexity index is 433. The Morgan fingerprint density at radius 2 is 2.21 bits per heavy atom. The Labute approximate surface area is 86.1 Å². The zero-order valence-electron chi connectivity index (χ0n) is 7.26. The van der Waals surface area contributed by atoms with Gasteiger partial charge in [-0.3, -0.25) is 4.55 Å². The van der Waals surface area contributed by atoms with Gasteiger partial charge in [-0.15, -0.1) is 5.10 Å². The molecule has 0 unspecified atom stereocenters. The van der Waals surface area contributed by atoms with Crippen LogP contribution in [0.5, 0.6) is 0 Å². The Hall–Kier alpha value is -0.730. The number of aryl methyl sites for hydroxylation is 1. The molecule has 0 aliphatic heterocycles. The second kappa shape index (κ2) is 4.67. The summed E-state index contributed by atoms with van der Waals surface area (Å²) in [7, 11) is -3.85. The second-order valence-electron chi connectivity index (χ2n) is 2.75. The maximum atomic E-state index is 10.3. The molecule has 14 heavy (non-hydrogen) atoms. The molecule has 1 heterocycles. The van der Waals surface area contributed by atoms with E-state index in [4.69, 9.17) is 8.97 Å². The molecule has 1 aromatic heterocycles. The van der Waals surface area contributed by atoms with E-state index in [0.29, 0.717) is 25.2 Å². The first kappa shape index (κ1) is 11.3. The maximum Gasteiger partial charge on any atom is 0.284 e. The largest absolute Gasteiger partial charge is 0.414 e. The molecular formula is C6H10N2O4S2. The molecular weight excluding hydrogens is 228 g/mol. The average molecular weight is 238 g/mol. The number of rotatable bonds is 5. The van der Waals surface area contributed by atoms with Crippen LogP contribution < -0.4 is 0 Å². The average Bonchev–Trinajstić information content (AvgIpc) is 2.44. The van der Waals surface area contributed by atoms with Gasteiger partial charge in [0.25, 0.3) is 15.0 Å². The third-order valence-corrected chi connectivity index (χ3v) is 2.50. The number of hydrogen-bond acceptors (Lipinski definition) is 5. The van der Waals surface area contributed by atoms with Crippen molar-refractivity contribution in [1.29, 1.82) is 0 Å². The summed E-state index contributed by atoms with van der Waals surface area (Å²) in [6.45, 7) is 0. The summed E-state index contributed by atoms with van der Waals surface area (Å²) in [5.74, 6) is 0.211. The van der Waals surface area contributed by atoms with E-state index in [2.05, 4.69) is 22.4 Å². The zero-order chi connectivity index (χ0) is 10.6. The summed E-state index contributed by atoms with van der Waals surface area (Å²) >= 11 is 4.65. The van der Waals surface area contributed by atoms with E-state index in [9.17, 15) is 8.42 Å². The molecule has 0 aromatic carbocycles. The first-order valence-electron chi connectivity index (χ1n) is 3.97. The molecule has 0 saturated carbocycles. The number of nitrogens with zero attached hydrogens (tertiary/aromatic N) is 1. The summed E-state index contributed by atoms with van der Waals surface area (Å²) in [5.41, 5.74) is 0. The van der Waals surface area contributed by atoms with E-state index in [1.54, 1.807) is 0 Å². The van der Waals surface area contributed by atoms with Gasteiger partial charge in [-0.25, -0.2) is 5.10 Å². The molecule has 80 valence electrons. The molecule has 0 bridgehead atoms. The fraction of sp³-hybridized carbons (Fsp3) is 0.667. The first-order chi connectivity index (χ1) is 6.47. The number of aromatic amines is 1. The summed E-state index contributed by atoms with van der Waals surface area (Å²) in [4.78, 5) is 0.203. The van der Waals surface area contributed by atoms with Gasteiger partial charge in [0, 0.05) is 6.42 Å². The van der Waals surface area contributed by atoms with E-state index in [1.807, 2.05) is 0 Å². The zero-order valence-corrected chi connectivity index (χ0v) is 8.90. The van der Waals surface area contributed by atoms with Crippen LogP contribution in [0.1, 0.15) is 18.7 Å². The molecule has 0 saturated heterocycles. The van der Waals surface area contributed by atoms with Crippen molar-refractivity contribution >= 4 is 22.3 Å². The van der Waals surface area contributed by atoms with Gasteiger partial charge in [-0.05, 0) is 25.1 Å². The Morgan fingerprint density at radius 1 is 1.50 bits per heavy atom. The quantitative estimate of drug-likeness (QED) is 0.450. The highest BCUT2D eigenvalue weighted by atomic mass is 32.2. The fourth-order valence-electron chi connectivity index (χ4n) is 0.928. The molecule has 0 amide bonds. The molecule has 0 aliphatic carbocycles. The minimum atomic E-state index is -3.85. The molecule has 0 atom stereocenters. The SMILES string of the molecule is O=S(=O)(O)CCCCc1n[nH]c(=S)o1. The third kappa shape index (κ3) is 4.49. The van der Waals surface area contributed by atoms with Gasteiger partial charge >= 0.3 is 0 Å². The number of nitrogens with one attached hydrogen (secondary N) is 1. The molecule has 8 heteroatoms. The summed E-state index contributed by atoms with van der Waals surface area (Å²) in [6, 6.07) is 0. The molecule has 0 aliphatic rings. The van der Waals surface area contributed by atoms with Crippen molar-refractivity contribution in [3.8, 4) is 0 Å². The Balaban J connectivity index is 2.26. The lowest BCUT2D eigenvalue weighted by atomic mass is 10.2. The predicted molar refractivity (Wildman–Crippen MR) is 51.0 cm³/mol. The van der Waals surface area contributed by atoms with Crippen molar-refractivity contribution in [2.24, 2.45) is 0 Å². The van der Waals surface area contributed by atoms with Crippen molar-refractivity contribution in [3.05, 3.63) is 10.7 Å². The number of H-pyrrole nitrogens is 1. The lowest BCUT2D eigenvalue weighted by Crippen LogP contribution is -2.03. The lowest BCUT2D eigenvalue weighted by molar-refractivity contribution is 0.464. The molecule has 2 N–H and O–H groups in total. The van der Waals surface area contributed by atoms with Crippen LogP contribution in [0.25, 0.3) is 0 Å². The van der Waals surface area contributed by atoms with E-state index in [-0.39, 0.29) is 10.6 Å². The maximum absolute atomic E-state index is 10.3. The van der Waals surface area contributed by atoms with Gasteiger partial charge < -0.3 is 4.42 Å². The topological polar surface area (TPSA) is 96.2 Å². The molecule has 0 spiro atoms. The number of aromatic nitrogens is 2. The Kier molecular flexibility index (Phi) is 3.78. The van der Waals surface area contributed by atoms with Crippen LogP contribution in [0.2, 0.25) is 0 Å². The van der Waals surface area contributed by atoms with Crippen LogP contribution in [0.3, 0.4) is 0 Å². The van der Waals surface area contributed by atoms with E-state index in [0.717, 1.165) is 0 Å². The first-order valence-corrected chi connectivity index (χ1v) is 5.99. The normalized spacial score (nSPS) is 11.8. The second-order valence-corrected chi connectivity index (χ2v) is 4.69. The van der Waals surface area contributed by atoms with Gasteiger partial charge in [0.15, 0.2) is 0 Å². The highest BCUT2D eigenvalue weighted by molar-refractivity contribution is 7.85. The van der Waals surface area contributed by atoms with Crippen LogP contribution in [0, 0.1) is 4.84 Å². The van der Waals surface area contributed by atoms with E-state index in [1.165, 1.54) is 0 Å². The van der Waals surface area contributed by atoms with Gasteiger partial charge in [0.05, 0.1) is 5.75 Å². The van der Waals surface area contributed by atoms with Crippen LogP contribution >= 0.6 is 12.2 Å². The van der Waals surface area contributed by atoms with Crippen LogP contribution in [0.4, 0.5) is 0 Å². The summed E-state index contributed by atoms with van der Waals surface area (Å²) in [6.07, 6.45) is 1.44. The van der Waals surface area contributed by atoms with Crippen molar-refractivity contribution in [2.45, 2.75) is 19.3 Å². The van der Waals surface area contributed by atoms with Gasteiger partial charge in [0.1, 0.15) is 0 Å². The van der Waals surface area contributed by atoms with Crippen molar-refractivity contribution in [2.75, 3.05) is 5.75 Å². The van der Waals surface area contributed by atoms with Crippen LogP contribution in [-0.2, 0) is 16.5 Å². The van der Waals surface area contributed by atoms with Crippen molar-refractivity contribution < 1.29 is 17.4 Å². The van der Waals surface area contributed by atoms with Gasteiger partial charge in [-0.2, -0.15) is 8.42 Å². The number of hydrogen-bond donors (Lipinski definition) is 2. The monoisotopic (exact) mass is 238 g/mol. The lowest BCUT2D eigenvalue weighted by Gasteiger charge is -1.95. The van der Waals surface area contributed by atoms with Gasteiger partial charge in [-0.1, -0.05) is 0 Å². The minimum Gasteiger partial charge on any atom is -0.414 e. The van der Waals surface area contributed by atoms with E-state index >= 15 is 0 Å². The third-order valence-electron chi connectivity index (χ3n) is 1.53. The van der Waals surface area contributed by atoms with Gasteiger partial charge in [0.2, 0.25) is 5.89 Å². The fourth-order valence-corrected chi connectivity index (χ4v) is 1.64. The molecule has 0 fully saturated rings.